The van der Waals surface area contributed by atoms with E-state index < -0.39 is 5.41 Å². The Bertz CT molecular complexity index is 769. The fourth-order valence-electron chi connectivity index (χ4n) is 2.67. The number of aromatic nitrogens is 1. The summed E-state index contributed by atoms with van der Waals surface area (Å²) < 4.78 is 5.58. The highest BCUT2D eigenvalue weighted by molar-refractivity contribution is 6.13. The average Bonchev–Trinajstić information content (AvgIpc) is 3.44. The van der Waals surface area contributed by atoms with Crippen LogP contribution in [0.4, 0.5) is 5.69 Å². The first-order valence-electron chi connectivity index (χ1n) is 8.75. The molecule has 1 fully saturated rings. The first kappa shape index (κ1) is 17.9. The van der Waals surface area contributed by atoms with E-state index in [1.54, 1.807) is 36.7 Å². The van der Waals surface area contributed by atoms with E-state index in [-0.39, 0.29) is 17.9 Å². The number of amides is 2. The van der Waals surface area contributed by atoms with Crippen molar-refractivity contribution < 1.29 is 14.3 Å². The number of hydrogen-bond donors (Lipinski definition) is 2. The van der Waals surface area contributed by atoms with Crippen molar-refractivity contribution in [2.24, 2.45) is 5.41 Å². The van der Waals surface area contributed by atoms with Crippen molar-refractivity contribution in [3.05, 3.63) is 54.4 Å². The Morgan fingerprint density at radius 3 is 2.31 bits per heavy atom. The predicted octanol–water partition coefficient (Wildman–Crippen LogP) is 2.90. The zero-order valence-corrected chi connectivity index (χ0v) is 15.0. The minimum Gasteiger partial charge on any atom is -0.491 e. The molecule has 136 valence electrons. The summed E-state index contributed by atoms with van der Waals surface area (Å²) in [5, 5.41) is 5.69. The first-order valence-corrected chi connectivity index (χ1v) is 8.75. The van der Waals surface area contributed by atoms with Crippen LogP contribution >= 0.6 is 0 Å². The minimum atomic E-state index is -0.958. The molecular formula is C20H23N3O3. The number of rotatable bonds is 7. The van der Waals surface area contributed by atoms with Crippen LogP contribution in [0.15, 0.2) is 48.8 Å². The van der Waals surface area contributed by atoms with Gasteiger partial charge in [-0.3, -0.25) is 14.6 Å². The molecular weight excluding hydrogens is 330 g/mol. The van der Waals surface area contributed by atoms with E-state index >= 15 is 0 Å². The minimum absolute atomic E-state index is 0.0919. The number of carbonyl (C=O) groups is 2. The lowest BCUT2D eigenvalue weighted by Crippen LogP contribution is -2.39. The first-order chi connectivity index (χ1) is 12.5. The zero-order chi connectivity index (χ0) is 18.6. The van der Waals surface area contributed by atoms with Gasteiger partial charge in [-0.05, 0) is 68.7 Å². The van der Waals surface area contributed by atoms with Crippen LogP contribution in [-0.4, -0.2) is 22.9 Å². The van der Waals surface area contributed by atoms with Gasteiger partial charge in [0, 0.05) is 24.6 Å². The van der Waals surface area contributed by atoms with Crippen molar-refractivity contribution in [3.63, 3.8) is 0 Å². The third-order valence-corrected chi connectivity index (χ3v) is 4.31. The second-order valence-corrected chi connectivity index (χ2v) is 6.77. The van der Waals surface area contributed by atoms with Gasteiger partial charge in [-0.1, -0.05) is 0 Å². The lowest BCUT2D eigenvalue weighted by Gasteiger charge is -2.16. The third kappa shape index (κ3) is 4.20. The summed E-state index contributed by atoms with van der Waals surface area (Å²) in [6.07, 6.45) is 4.57. The number of hydrogen-bond acceptors (Lipinski definition) is 4. The van der Waals surface area contributed by atoms with Gasteiger partial charge >= 0.3 is 0 Å². The van der Waals surface area contributed by atoms with Crippen LogP contribution in [0.3, 0.4) is 0 Å². The van der Waals surface area contributed by atoms with E-state index in [2.05, 4.69) is 15.6 Å². The number of nitrogens with one attached hydrogen (secondary N) is 2. The predicted molar refractivity (Wildman–Crippen MR) is 98.6 cm³/mol. The van der Waals surface area contributed by atoms with Crippen LogP contribution in [0.5, 0.6) is 5.75 Å². The molecule has 6 heteroatoms. The molecule has 6 nitrogen and oxygen atoms in total. The molecule has 1 aliphatic rings. The summed E-state index contributed by atoms with van der Waals surface area (Å²) in [5.41, 5.74) is 0.643. The van der Waals surface area contributed by atoms with Crippen LogP contribution in [0.25, 0.3) is 0 Å². The normalized spacial score (nSPS) is 14.6. The van der Waals surface area contributed by atoms with Crippen molar-refractivity contribution in [1.29, 1.82) is 0 Å². The Morgan fingerprint density at radius 1 is 1.08 bits per heavy atom. The second-order valence-electron chi connectivity index (χ2n) is 6.77. The van der Waals surface area contributed by atoms with Gasteiger partial charge in [-0.15, -0.1) is 0 Å². The molecule has 0 unspecified atom stereocenters. The molecule has 26 heavy (non-hydrogen) atoms. The molecule has 0 spiro atoms. The Balaban J connectivity index is 1.57. The Kier molecular flexibility index (Phi) is 5.21. The van der Waals surface area contributed by atoms with Crippen LogP contribution in [0, 0.1) is 5.41 Å². The summed E-state index contributed by atoms with van der Waals surface area (Å²) in [6, 6.07) is 10.8. The maximum atomic E-state index is 12.6. The Hall–Kier alpha value is -2.89. The topological polar surface area (TPSA) is 80.3 Å². The number of pyridine rings is 1. The standard InChI is InChI=1S/C20H23N3O3/c1-14(2)26-17-5-3-16(4-6-17)23-19(25)20(9-10-20)18(24)22-13-15-7-11-21-12-8-15/h3-8,11-12,14H,9-10,13H2,1-2H3,(H,22,24)(H,23,25). The smallest absolute Gasteiger partial charge is 0.240 e. The van der Waals surface area contributed by atoms with Crippen molar-refractivity contribution in [1.82, 2.24) is 10.3 Å². The van der Waals surface area contributed by atoms with Gasteiger partial charge in [-0.2, -0.15) is 0 Å². The van der Waals surface area contributed by atoms with Gasteiger partial charge in [0.1, 0.15) is 11.2 Å². The highest BCUT2D eigenvalue weighted by Gasteiger charge is 2.56. The summed E-state index contributed by atoms with van der Waals surface area (Å²) in [5.74, 6) is 0.253. The fraction of sp³-hybridized carbons (Fsp3) is 0.350. The van der Waals surface area contributed by atoms with Crippen molar-refractivity contribution >= 4 is 17.5 Å². The average molecular weight is 353 g/mol. The molecule has 2 amide bonds. The molecule has 0 saturated heterocycles. The number of anilines is 1. The van der Waals surface area contributed by atoms with E-state index in [9.17, 15) is 9.59 Å². The van der Waals surface area contributed by atoms with Gasteiger partial charge in [0.05, 0.1) is 6.10 Å². The van der Waals surface area contributed by atoms with E-state index in [4.69, 9.17) is 4.74 Å². The third-order valence-electron chi connectivity index (χ3n) is 4.31. The van der Waals surface area contributed by atoms with Gasteiger partial charge in [-0.25, -0.2) is 0 Å². The van der Waals surface area contributed by atoms with Crippen molar-refractivity contribution in [2.45, 2.75) is 39.3 Å². The summed E-state index contributed by atoms with van der Waals surface area (Å²) in [4.78, 5) is 29.0. The molecule has 1 aliphatic carbocycles. The van der Waals surface area contributed by atoms with E-state index in [0.717, 1.165) is 11.3 Å². The van der Waals surface area contributed by atoms with E-state index in [1.807, 2.05) is 26.0 Å². The van der Waals surface area contributed by atoms with Crippen LogP contribution in [-0.2, 0) is 16.1 Å². The number of ether oxygens (including phenoxy) is 1. The maximum Gasteiger partial charge on any atom is 0.240 e. The monoisotopic (exact) mass is 353 g/mol. The largest absolute Gasteiger partial charge is 0.491 e. The number of carbonyl (C=O) groups excluding carboxylic acids is 2. The second kappa shape index (κ2) is 7.56. The molecule has 1 heterocycles. The number of benzene rings is 1. The van der Waals surface area contributed by atoms with Crippen LogP contribution < -0.4 is 15.4 Å². The summed E-state index contributed by atoms with van der Waals surface area (Å²) in [6.45, 7) is 4.30. The molecule has 0 radical (unpaired) electrons. The van der Waals surface area contributed by atoms with Crippen molar-refractivity contribution in [2.75, 3.05) is 5.32 Å². The quantitative estimate of drug-likeness (QED) is 0.750. The molecule has 1 aromatic carbocycles. The van der Waals surface area contributed by atoms with Crippen LogP contribution in [0.2, 0.25) is 0 Å². The number of nitrogens with zero attached hydrogens (tertiary/aromatic N) is 1. The lowest BCUT2D eigenvalue weighted by atomic mass is 10.0. The molecule has 1 aromatic heterocycles. The molecule has 0 bridgehead atoms. The molecule has 0 aliphatic heterocycles. The highest BCUT2D eigenvalue weighted by atomic mass is 16.5. The summed E-state index contributed by atoms with van der Waals surface area (Å²) in [7, 11) is 0. The molecule has 3 rings (SSSR count). The Morgan fingerprint density at radius 2 is 1.73 bits per heavy atom. The SMILES string of the molecule is CC(C)Oc1ccc(NC(=O)C2(C(=O)NCc3ccncc3)CC2)cc1. The lowest BCUT2D eigenvalue weighted by molar-refractivity contribution is -0.134. The van der Waals surface area contributed by atoms with Gasteiger partial charge in [0.15, 0.2) is 0 Å². The Labute approximate surface area is 153 Å². The molecule has 2 N–H and O–H groups in total. The van der Waals surface area contributed by atoms with Gasteiger partial charge in [0.2, 0.25) is 11.8 Å². The molecule has 2 aromatic rings. The molecule has 1 saturated carbocycles. The fourth-order valence-corrected chi connectivity index (χ4v) is 2.67. The highest BCUT2D eigenvalue weighted by Crippen LogP contribution is 2.47. The zero-order valence-electron chi connectivity index (χ0n) is 15.0. The van der Waals surface area contributed by atoms with Crippen LogP contribution in [0.1, 0.15) is 32.3 Å². The van der Waals surface area contributed by atoms with Gasteiger partial charge < -0.3 is 15.4 Å². The summed E-state index contributed by atoms with van der Waals surface area (Å²) >= 11 is 0. The maximum absolute atomic E-state index is 12.6. The van der Waals surface area contributed by atoms with E-state index in [1.165, 1.54) is 0 Å². The van der Waals surface area contributed by atoms with Gasteiger partial charge in [0.25, 0.3) is 0 Å². The molecule has 0 atom stereocenters. The van der Waals surface area contributed by atoms with Crippen molar-refractivity contribution in [3.8, 4) is 5.75 Å². The van der Waals surface area contributed by atoms with E-state index in [0.29, 0.717) is 25.1 Å².